The number of halogens is 1. The molecule has 2 nitrogen and oxygen atoms in total. The quantitative estimate of drug-likeness (QED) is 0.601. The third kappa shape index (κ3) is 1.27. The number of hydrogen-bond donors (Lipinski definition) is 0. The van der Waals surface area contributed by atoms with E-state index in [2.05, 4.69) is 11.2 Å². The van der Waals surface area contributed by atoms with E-state index >= 15 is 0 Å². The molecule has 1 aromatic rings. The molecule has 0 aliphatic heterocycles. The van der Waals surface area contributed by atoms with Gasteiger partial charge in [0.1, 0.15) is 6.17 Å². The zero-order valence-electron chi connectivity index (χ0n) is 6.20. The highest BCUT2D eigenvalue weighted by atomic mass is 19.1. The summed E-state index contributed by atoms with van der Waals surface area (Å²) in [4.78, 5) is 0. The molecule has 2 rings (SSSR count). The van der Waals surface area contributed by atoms with Crippen LogP contribution in [-0.2, 0) is 0 Å². The number of rotatable bonds is 1. The second kappa shape index (κ2) is 2.64. The maximum absolute atomic E-state index is 12.7. The van der Waals surface area contributed by atoms with Gasteiger partial charge in [-0.2, -0.15) is 5.10 Å². The van der Waals surface area contributed by atoms with E-state index < -0.39 is 6.17 Å². The predicted molar refractivity (Wildman–Crippen MR) is 38.8 cm³/mol. The summed E-state index contributed by atoms with van der Waals surface area (Å²) in [5, 5.41) is 4.03. The van der Waals surface area contributed by atoms with Crippen molar-refractivity contribution in [2.45, 2.75) is 31.5 Å². The van der Waals surface area contributed by atoms with E-state index in [1.54, 1.807) is 17.1 Å². The molecule has 3 heteroatoms. The van der Waals surface area contributed by atoms with E-state index in [1.165, 1.54) is 0 Å². The Hall–Kier alpha value is -0.860. The molecule has 1 heterocycles. The van der Waals surface area contributed by atoms with Crippen LogP contribution in [0.25, 0.3) is 0 Å². The Morgan fingerprint density at radius 2 is 2.45 bits per heavy atom. The Bertz CT molecular complexity index is 220. The molecule has 0 bridgehead atoms. The molecule has 59 valence electrons. The molecule has 0 saturated heterocycles. The fraction of sp³-hybridized carbons (Fsp3) is 0.625. The Kier molecular flexibility index (Phi) is 1.64. The van der Waals surface area contributed by atoms with Gasteiger partial charge in [-0.1, -0.05) is 0 Å². The van der Waals surface area contributed by atoms with Gasteiger partial charge in [-0.3, -0.25) is 4.68 Å². The fourth-order valence-electron chi connectivity index (χ4n) is 1.59. The molecule has 0 amide bonds. The lowest BCUT2D eigenvalue weighted by atomic mass is 10.2. The van der Waals surface area contributed by atoms with E-state index in [0.717, 1.165) is 6.42 Å². The van der Waals surface area contributed by atoms with Crippen LogP contribution < -0.4 is 0 Å². The smallest absolute Gasteiger partial charge is 0.102 e. The van der Waals surface area contributed by atoms with Crippen LogP contribution >= 0.6 is 0 Å². The van der Waals surface area contributed by atoms with Crippen LogP contribution in [0.15, 0.2) is 12.4 Å². The minimum Gasteiger partial charge on any atom is -0.269 e. The molecule has 2 atom stereocenters. The topological polar surface area (TPSA) is 17.8 Å². The molecule has 0 N–H and O–H groups in total. The summed E-state index contributed by atoms with van der Waals surface area (Å²) in [5.74, 6) is 0. The van der Waals surface area contributed by atoms with E-state index in [0.29, 0.717) is 12.8 Å². The first kappa shape index (κ1) is 6.83. The Labute approximate surface area is 65.0 Å². The summed E-state index contributed by atoms with van der Waals surface area (Å²) in [6.07, 6.45) is 4.99. The van der Waals surface area contributed by atoms with Gasteiger partial charge in [0.05, 0.1) is 12.2 Å². The second-order valence-corrected chi connectivity index (χ2v) is 2.98. The van der Waals surface area contributed by atoms with Gasteiger partial charge in [0.25, 0.3) is 0 Å². The summed E-state index contributed by atoms with van der Waals surface area (Å²) in [5.41, 5.74) is 0. The van der Waals surface area contributed by atoms with Crippen LogP contribution in [0.1, 0.15) is 25.3 Å². The van der Waals surface area contributed by atoms with Crippen molar-refractivity contribution in [3.63, 3.8) is 0 Å². The molecule has 1 radical (unpaired) electrons. The van der Waals surface area contributed by atoms with Crippen LogP contribution in [0.3, 0.4) is 0 Å². The lowest BCUT2D eigenvalue weighted by Gasteiger charge is -2.07. The first-order chi connectivity index (χ1) is 5.36. The van der Waals surface area contributed by atoms with Crippen molar-refractivity contribution >= 4 is 0 Å². The second-order valence-electron chi connectivity index (χ2n) is 2.98. The largest absolute Gasteiger partial charge is 0.269 e. The average Bonchev–Trinajstić information content (AvgIpc) is 2.55. The lowest BCUT2D eigenvalue weighted by Crippen LogP contribution is -2.05. The van der Waals surface area contributed by atoms with Gasteiger partial charge < -0.3 is 0 Å². The van der Waals surface area contributed by atoms with E-state index in [1.807, 2.05) is 0 Å². The lowest BCUT2D eigenvalue weighted by molar-refractivity contribution is 0.326. The van der Waals surface area contributed by atoms with Gasteiger partial charge in [-0.25, -0.2) is 4.39 Å². The number of hydrogen-bond acceptors (Lipinski definition) is 1. The number of aromatic nitrogens is 2. The fourth-order valence-corrected chi connectivity index (χ4v) is 1.59. The minimum absolute atomic E-state index is 0.274. The molecular weight excluding hydrogens is 143 g/mol. The van der Waals surface area contributed by atoms with Crippen molar-refractivity contribution in [1.82, 2.24) is 9.78 Å². The highest BCUT2D eigenvalue weighted by molar-refractivity contribution is 4.84. The van der Waals surface area contributed by atoms with Gasteiger partial charge in [-0.15, -0.1) is 0 Å². The molecular formula is C8H10FN2. The molecule has 0 aromatic carbocycles. The van der Waals surface area contributed by atoms with E-state index in [4.69, 9.17) is 0 Å². The molecule has 1 aromatic heterocycles. The van der Waals surface area contributed by atoms with Gasteiger partial charge in [0, 0.05) is 18.7 Å². The molecule has 0 spiro atoms. The van der Waals surface area contributed by atoms with Crippen molar-refractivity contribution in [2.75, 3.05) is 0 Å². The Balaban J connectivity index is 2.08. The predicted octanol–water partition coefficient (Wildman–Crippen LogP) is 1.75. The summed E-state index contributed by atoms with van der Waals surface area (Å²) in [6, 6.07) is 3.13. The van der Waals surface area contributed by atoms with Crippen molar-refractivity contribution in [3.05, 3.63) is 18.5 Å². The summed E-state index contributed by atoms with van der Waals surface area (Å²) >= 11 is 0. The molecule has 1 saturated carbocycles. The standard InChI is InChI=1S/C8H10FN2/c9-7-2-3-8(6-7)11-5-1-4-10-11/h4-5,7-8H,2-3,6H2. The van der Waals surface area contributed by atoms with Crippen molar-refractivity contribution < 1.29 is 4.39 Å². The van der Waals surface area contributed by atoms with E-state index in [-0.39, 0.29) is 6.04 Å². The van der Waals surface area contributed by atoms with Crippen molar-refractivity contribution in [1.29, 1.82) is 0 Å². The maximum Gasteiger partial charge on any atom is 0.102 e. The highest BCUT2D eigenvalue weighted by Crippen LogP contribution is 2.30. The van der Waals surface area contributed by atoms with Gasteiger partial charge in [-0.05, 0) is 12.8 Å². The zero-order valence-corrected chi connectivity index (χ0v) is 6.20. The van der Waals surface area contributed by atoms with Crippen LogP contribution in [0, 0.1) is 6.07 Å². The Morgan fingerprint density at radius 3 is 3.00 bits per heavy atom. The maximum atomic E-state index is 12.7. The van der Waals surface area contributed by atoms with E-state index in [9.17, 15) is 4.39 Å². The highest BCUT2D eigenvalue weighted by Gasteiger charge is 2.25. The normalized spacial score (nSPS) is 31.0. The molecule has 1 fully saturated rings. The number of nitrogens with zero attached hydrogens (tertiary/aromatic N) is 2. The number of alkyl halides is 1. The molecule has 1 aliphatic rings. The van der Waals surface area contributed by atoms with Gasteiger partial charge in [0.15, 0.2) is 0 Å². The molecule has 2 unspecified atom stereocenters. The van der Waals surface area contributed by atoms with Crippen molar-refractivity contribution in [2.24, 2.45) is 0 Å². The zero-order chi connectivity index (χ0) is 7.68. The van der Waals surface area contributed by atoms with Crippen LogP contribution in [-0.4, -0.2) is 16.0 Å². The summed E-state index contributed by atoms with van der Waals surface area (Å²) in [7, 11) is 0. The first-order valence-corrected chi connectivity index (χ1v) is 3.90. The first-order valence-electron chi connectivity index (χ1n) is 3.90. The van der Waals surface area contributed by atoms with Crippen LogP contribution in [0.2, 0.25) is 0 Å². The minimum atomic E-state index is -0.621. The van der Waals surface area contributed by atoms with Crippen molar-refractivity contribution in [3.8, 4) is 0 Å². The monoisotopic (exact) mass is 153 g/mol. The SMILES string of the molecule is FC1CCC(n2c[c]cn2)C1. The van der Waals surface area contributed by atoms with Gasteiger partial charge in [0.2, 0.25) is 0 Å². The Morgan fingerprint density at radius 1 is 1.55 bits per heavy atom. The average molecular weight is 153 g/mol. The van der Waals surface area contributed by atoms with Crippen LogP contribution in [0.5, 0.6) is 0 Å². The van der Waals surface area contributed by atoms with Gasteiger partial charge >= 0.3 is 0 Å². The summed E-state index contributed by atoms with van der Waals surface area (Å²) in [6.45, 7) is 0. The third-order valence-corrected chi connectivity index (χ3v) is 2.19. The molecule has 1 aliphatic carbocycles. The van der Waals surface area contributed by atoms with Crippen LogP contribution in [0.4, 0.5) is 4.39 Å². The third-order valence-electron chi connectivity index (χ3n) is 2.19. The summed E-state index contributed by atoms with van der Waals surface area (Å²) < 4.78 is 14.5. The molecule has 11 heavy (non-hydrogen) atoms.